The molecule has 0 aliphatic carbocycles. The first kappa shape index (κ1) is 10.7. The number of nitrogens with zero attached hydrogens (tertiary/aromatic N) is 2. The van der Waals surface area contributed by atoms with Crippen molar-refractivity contribution in [2.75, 3.05) is 13.1 Å². The number of pyridine rings is 1. The molecule has 1 N–H and O–H groups in total. The zero-order valence-corrected chi connectivity index (χ0v) is 9.91. The smallest absolute Gasteiger partial charge is 0.142 e. The summed E-state index contributed by atoms with van der Waals surface area (Å²) in [5.74, 6) is -0.268. The summed E-state index contributed by atoms with van der Waals surface area (Å²) in [7, 11) is 0. The molecule has 0 unspecified atom stereocenters. The number of hydrogen-bond acceptors (Lipinski definition) is 2. The molecule has 4 heteroatoms. The van der Waals surface area contributed by atoms with Gasteiger partial charge in [-0.3, -0.25) is 0 Å². The lowest BCUT2D eigenvalue weighted by Gasteiger charge is -2.38. The molecule has 0 radical (unpaired) electrons. The van der Waals surface area contributed by atoms with Gasteiger partial charge in [-0.2, -0.15) is 0 Å². The van der Waals surface area contributed by atoms with Crippen LogP contribution in [-0.4, -0.2) is 34.0 Å². The molecule has 0 amide bonds. The second kappa shape index (κ2) is 4.11. The van der Waals surface area contributed by atoms with Crippen LogP contribution in [-0.2, 0) is 6.42 Å². The first-order valence-corrected chi connectivity index (χ1v) is 6.09. The van der Waals surface area contributed by atoms with Crippen LogP contribution in [0.1, 0.15) is 18.9 Å². The Hall–Kier alpha value is -1.42. The minimum Gasteiger partial charge on any atom is -0.346 e. The molecule has 2 aromatic heterocycles. The van der Waals surface area contributed by atoms with Crippen LogP contribution in [0.25, 0.3) is 11.0 Å². The van der Waals surface area contributed by atoms with Crippen molar-refractivity contribution in [2.24, 2.45) is 0 Å². The topological polar surface area (TPSA) is 31.9 Å². The average molecular weight is 233 g/mol. The molecule has 3 rings (SSSR count). The zero-order valence-electron chi connectivity index (χ0n) is 9.91. The van der Waals surface area contributed by atoms with Gasteiger partial charge in [0.05, 0.1) is 6.20 Å². The summed E-state index contributed by atoms with van der Waals surface area (Å²) in [6.07, 6.45) is 5.45. The van der Waals surface area contributed by atoms with E-state index in [-0.39, 0.29) is 5.82 Å². The number of nitrogens with one attached hydrogen (secondary N) is 1. The number of aromatic amines is 1. The van der Waals surface area contributed by atoms with Crippen LogP contribution in [0.3, 0.4) is 0 Å². The number of hydrogen-bond donors (Lipinski definition) is 1. The average Bonchev–Trinajstić information content (AvgIpc) is 2.70. The highest BCUT2D eigenvalue weighted by atomic mass is 19.1. The Morgan fingerprint density at radius 2 is 2.47 bits per heavy atom. The van der Waals surface area contributed by atoms with Crippen molar-refractivity contribution >= 4 is 11.0 Å². The minimum atomic E-state index is -0.268. The Labute approximate surface area is 99.7 Å². The van der Waals surface area contributed by atoms with E-state index in [2.05, 4.69) is 21.8 Å². The number of aromatic nitrogens is 2. The van der Waals surface area contributed by atoms with Crippen LogP contribution in [0, 0.1) is 5.82 Å². The molecule has 2 aromatic rings. The molecule has 0 spiro atoms. The molecule has 1 fully saturated rings. The molecule has 90 valence electrons. The number of rotatable bonds is 3. The Morgan fingerprint density at radius 3 is 3.18 bits per heavy atom. The standard InChI is InChI=1S/C13H16FN3/c1-9-2-4-17(9)5-3-10-7-15-13-12(10)6-11(14)8-16-13/h6-9H,2-5H2,1H3,(H,15,16)/t9-/m0/s1. The molecule has 1 atom stereocenters. The minimum absolute atomic E-state index is 0.268. The predicted octanol–water partition coefficient (Wildman–Crippen LogP) is 2.34. The van der Waals surface area contributed by atoms with Crippen molar-refractivity contribution in [3.8, 4) is 0 Å². The van der Waals surface area contributed by atoms with Gasteiger partial charge in [-0.15, -0.1) is 0 Å². The normalized spacial score (nSPS) is 20.7. The van der Waals surface area contributed by atoms with Gasteiger partial charge in [0.2, 0.25) is 0 Å². The molecule has 0 bridgehead atoms. The first-order valence-electron chi connectivity index (χ1n) is 6.09. The van der Waals surface area contributed by atoms with Crippen molar-refractivity contribution in [3.05, 3.63) is 29.8 Å². The highest BCUT2D eigenvalue weighted by Crippen LogP contribution is 2.21. The number of fused-ring (bicyclic) bond motifs is 1. The summed E-state index contributed by atoms with van der Waals surface area (Å²) < 4.78 is 13.1. The van der Waals surface area contributed by atoms with Crippen molar-refractivity contribution < 1.29 is 4.39 Å². The lowest BCUT2D eigenvalue weighted by Crippen LogP contribution is -2.46. The highest BCUT2D eigenvalue weighted by Gasteiger charge is 2.22. The molecule has 3 heterocycles. The SMILES string of the molecule is C[C@H]1CCN1CCc1c[nH]c2ncc(F)cc12. The summed E-state index contributed by atoms with van der Waals surface area (Å²) in [5.41, 5.74) is 1.93. The summed E-state index contributed by atoms with van der Waals surface area (Å²) in [6, 6.07) is 2.27. The third-order valence-corrected chi connectivity index (χ3v) is 3.71. The van der Waals surface area contributed by atoms with E-state index in [1.165, 1.54) is 19.2 Å². The van der Waals surface area contributed by atoms with Gasteiger partial charge in [-0.05, 0) is 37.9 Å². The van der Waals surface area contributed by atoms with E-state index in [9.17, 15) is 4.39 Å². The van der Waals surface area contributed by atoms with Gasteiger partial charge < -0.3 is 9.88 Å². The van der Waals surface area contributed by atoms with E-state index in [0.29, 0.717) is 6.04 Å². The molecular formula is C13H16FN3. The molecule has 0 saturated carbocycles. The summed E-state index contributed by atoms with van der Waals surface area (Å²) in [5, 5.41) is 0.915. The molecule has 1 saturated heterocycles. The summed E-state index contributed by atoms with van der Waals surface area (Å²) >= 11 is 0. The number of H-pyrrole nitrogens is 1. The quantitative estimate of drug-likeness (QED) is 0.882. The fourth-order valence-electron chi connectivity index (χ4n) is 2.41. The van der Waals surface area contributed by atoms with Gasteiger partial charge in [-0.25, -0.2) is 9.37 Å². The molecule has 1 aliphatic heterocycles. The fourth-order valence-corrected chi connectivity index (χ4v) is 2.41. The molecule has 1 aliphatic rings. The maximum Gasteiger partial charge on any atom is 0.142 e. The Kier molecular flexibility index (Phi) is 2.59. The second-order valence-electron chi connectivity index (χ2n) is 4.79. The van der Waals surface area contributed by atoms with Crippen LogP contribution in [0.4, 0.5) is 4.39 Å². The van der Waals surface area contributed by atoms with Gasteiger partial charge in [0, 0.05) is 24.2 Å². The lowest BCUT2D eigenvalue weighted by molar-refractivity contribution is 0.107. The predicted molar refractivity (Wildman–Crippen MR) is 65.4 cm³/mol. The molecular weight excluding hydrogens is 217 g/mol. The maximum atomic E-state index is 13.1. The molecule has 0 aromatic carbocycles. The third-order valence-electron chi connectivity index (χ3n) is 3.71. The Morgan fingerprint density at radius 1 is 1.59 bits per heavy atom. The van der Waals surface area contributed by atoms with Crippen LogP contribution in [0.2, 0.25) is 0 Å². The summed E-state index contributed by atoms with van der Waals surface area (Å²) in [6.45, 7) is 4.49. The van der Waals surface area contributed by atoms with Gasteiger partial charge in [0.1, 0.15) is 11.5 Å². The van der Waals surface area contributed by atoms with Crippen LogP contribution < -0.4 is 0 Å². The second-order valence-corrected chi connectivity index (χ2v) is 4.79. The van der Waals surface area contributed by atoms with Crippen molar-refractivity contribution in [1.82, 2.24) is 14.9 Å². The van der Waals surface area contributed by atoms with Crippen LogP contribution in [0.15, 0.2) is 18.5 Å². The van der Waals surface area contributed by atoms with Crippen LogP contribution >= 0.6 is 0 Å². The maximum absolute atomic E-state index is 13.1. The van der Waals surface area contributed by atoms with Crippen molar-refractivity contribution in [3.63, 3.8) is 0 Å². The van der Waals surface area contributed by atoms with Gasteiger partial charge in [0.25, 0.3) is 0 Å². The van der Waals surface area contributed by atoms with Gasteiger partial charge in [-0.1, -0.05) is 0 Å². The van der Waals surface area contributed by atoms with E-state index in [1.54, 1.807) is 6.07 Å². The number of likely N-dealkylation sites (tertiary alicyclic amines) is 1. The Balaban J connectivity index is 1.78. The molecule has 17 heavy (non-hydrogen) atoms. The zero-order chi connectivity index (χ0) is 11.8. The van der Waals surface area contributed by atoms with E-state index in [0.717, 1.165) is 29.6 Å². The van der Waals surface area contributed by atoms with Gasteiger partial charge in [0.15, 0.2) is 0 Å². The largest absolute Gasteiger partial charge is 0.346 e. The van der Waals surface area contributed by atoms with Crippen LogP contribution in [0.5, 0.6) is 0 Å². The van der Waals surface area contributed by atoms with E-state index in [1.807, 2.05) is 6.20 Å². The lowest BCUT2D eigenvalue weighted by atomic mass is 10.0. The Bertz CT molecular complexity index is 534. The third kappa shape index (κ3) is 1.93. The van der Waals surface area contributed by atoms with E-state index < -0.39 is 0 Å². The van der Waals surface area contributed by atoms with Crippen molar-refractivity contribution in [1.29, 1.82) is 0 Å². The van der Waals surface area contributed by atoms with E-state index >= 15 is 0 Å². The summed E-state index contributed by atoms with van der Waals surface area (Å²) in [4.78, 5) is 9.57. The van der Waals surface area contributed by atoms with E-state index in [4.69, 9.17) is 0 Å². The fraction of sp³-hybridized carbons (Fsp3) is 0.462. The van der Waals surface area contributed by atoms with Gasteiger partial charge >= 0.3 is 0 Å². The highest BCUT2D eigenvalue weighted by molar-refractivity contribution is 5.79. The first-order chi connectivity index (χ1) is 8.24. The number of halogens is 1. The van der Waals surface area contributed by atoms with Crippen molar-refractivity contribution in [2.45, 2.75) is 25.8 Å². The monoisotopic (exact) mass is 233 g/mol. The molecule has 3 nitrogen and oxygen atoms in total.